The van der Waals surface area contributed by atoms with Crippen molar-refractivity contribution in [2.24, 2.45) is 0 Å². The molecule has 2 rings (SSSR count). The molecule has 24 heavy (non-hydrogen) atoms. The molecular formula is C19H24N2O3. The lowest BCUT2D eigenvalue weighted by molar-refractivity contribution is 0.102. The lowest BCUT2D eigenvalue weighted by Gasteiger charge is -2.22. The van der Waals surface area contributed by atoms with Crippen LogP contribution >= 0.6 is 0 Å². The number of phenolic OH excluding ortho intramolecular Hbond substituents is 2. The third kappa shape index (κ3) is 3.62. The van der Waals surface area contributed by atoms with Gasteiger partial charge in [0, 0.05) is 30.9 Å². The van der Waals surface area contributed by atoms with Crippen LogP contribution in [0.5, 0.6) is 11.5 Å². The highest BCUT2D eigenvalue weighted by molar-refractivity contribution is 6.06. The second-order valence-corrected chi connectivity index (χ2v) is 7.00. The van der Waals surface area contributed by atoms with Crippen LogP contribution in [0.4, 0.5) is 11.4 Å². The quantitative estimate of drug-likeness (QED) is 0.751. The number of benzene rings is 2. The van der Waals surface area contributed by atoms with Crippen LogP contribution in [0.15, 0.2) is 36.4 Å². The molecule has 1 amide bonds. The Morgan fingerprint density at radius 2 is 1.58 bits per heavy atom. The van der Waals surface area contributed by atoms with Crippen LogP contribution in [0.2, 0.25) is 0 Å². The second-order valence-electron chi connectivity index (χ2n) is 7.00. The van der Waals surface area contributed by atoms with Gasteiger partial charge < -0.3 is 20.4 Å². The lowest BCUT2D eigenvalue weighted by atomic mass is 9.86. The summed E-state index contributed by atoms with van der Waals surface area (Å²) in [7, 11) is 3.84. The normalized spacial score (nSPS) is 11.2. The fourth-order valence-corrected chi connectivity index (χ4v) is 2.41. The molecular weight excluding hydrogens is 304 g/mol. The fraction of sp³-hybridized carbons (Fsp3) is 0.316. The summed E-state index contributed by atoms with van der Waals surface area (Å²) in [4.78, 5) is 14.4. The molecule has 5 nitrogen and oxygen atoms in total. The van der Waals surface area contributed by atoms with Crippen molar-refractivity contribution >= 4 is 17.3 Å². The second kappa shape index (κ2) is 6.43. The first-order valence-corrected chi connectivity index (χ1v) is 7.75. The van der Waals surface area contributed by atoms with E-state index in [1.165, 1.54) is 6.07 Å². The molecule has 0 saturated carbocycles. The van der Waals surface area contributed by atoms with Crippen molar-refractivity contribution in [2.45, 2.75) is 26.2 Å². The standard InChI is InChI=1S/C19H24N2O3/c1-19(2,3)14-10-11-15(22)16(17(14)23)20-18(24)12-6-8-13(9-7-12)21(4)5/h6-11,22-23H,1-5H3,(H,20,24). The minimum absolute atomic E-state index is 0.0316. The van der Waals surface area contributed by atoms with Crippen molar-refractivity contribution in [3.8, 4) is 11.5 Å². The number of nitrogens with one attached hydrogen (secondary N) is 1. The van der Waals surface area contributed by atoms with E-state index in [0.717, 1.165) is 5.69 Å². The largest absolute Gasteiger partial charge is 0.506 e. The first kappa shape index (κ1) is 17.7. The van der Waals surface area contributed by atoms with Crippen LogP contribution < -0.4 is 10.2 Å². The number of hydrogen-bond donors (Lipinski definition) is 3. The van der Waals surface area contributed by atoms with Crippen LogP contribution in [-0.4, -0.2) is 30.2 Å². The molecule has 0 radical (unpaired) electrons. The molecule has 0 aliphatic rings. The van der Waals surface area contributed by atoms with Crippen LogP contribution in [0, 0.1) is 0 Å². The van der Waals surface area contributed by atoms with Crippen molar-refractivity contribution in [1.29, 1.82) is 0 Å². The smallest absolute Gasteiger partial charge is 0.255 e. The minimum Gasteiger partial charge on any atom is -0.506 e. The van der Waals surface area contributed by atoms with Gasteiger partial charge in [0.2, 0.25) is 0 Å². The van der Waals surface area contributed by atoms with Crippen molar-refractivity contribution in [2.75, 3.05) is 24.3 Å². The van der Waals surface area contributed by atoms with Crippen molar-refractivity contribution in [1.82, 2.24) is 0 Å². The van der Waals surface area contributed by atoms with Gasteiger partial charge in [0.15, 0.2) is 0 Å². The SMILES string of the molecule is CN(C)c1ccc(C(=O)Nc2c(O)ccc(C(C)(C)C)c2O)cc1. The topological polar surface area (TPSA) is 72.8 Å². The summed E-state index contributed by atoms with van der Waals surface area (Å²) >= 11 is 0. The molecule has 0 saturated heterocycles. The summed E-state index contributed by atoms with van der Waals surface area (Å²) in [5, 5.41) is 23.1. The number of phenols is 2. The molecule has 2 aromatic carbocycles. The Morgan fingerprint density at radius 1 is 1.00 bits per heavy atom. The lowest BCUT2D eigenvalue weighted by Crippen LogP contribution is -2.16. The van der Waals surface area contributed by atoms with E-state index in [1.807, 2.05) is 51.9 Å². The van der Waals surface area contributed by atoms with E-state index in [1.54, 1.807) is 18.2 Å². The zero-order chi connectivity index (χ0) is 18.1. The highest BCUT2D eigenvalue weighted by Crippen LogP contribution is 2.41. The minimum atomic E-state index is -0.392. The fourth-order valence-electron chi connectivity index (χ4n) is 2.41. The molecule has 0 aromatic heterocycles. The summed E-state index contributed by atoms with van der Waals surface area (Å²) in [5.41, 5.74) is 1.79. The number of nitrogens with zero attached hydrogens (tertiary/aromatic N) is 1. The van der Waals surface area contributed by atoms with Crippen molar-refractivity contribution in [3.63, 3.8) is 0 Å². The third-order valence-electron chi connectivity index (χ3n) is 3.85. The summed E-state index contributed by atoms with van der Waals surface area (Å²) in [6.45, 7) is 5.85. The van der Waals surface area contributed by atoms with E-state index in [0.29, 0.717) is 11.1 Å². The average molecular weight is 328 g/mol. The van der Waals surface area contributed by atoms with Gasteiger partial charge in [-0.2, -0.15) is 0 Å². The number of carbonyl (C=O) groups excluding carboxylic acids is 1. The zero-order valence-corrected chi connectivity index (χ0v) is 14.7. The molecule has 3 N–H and O–H groups in total. The first-order valence-electron chi connectivity index (χ1n) is 7.75. The molecule has 128 valence electrons. The Kier molecular flexibility index (Phi) is 4.73. The van der Waals surface area contributed by atoms with Gasteiger partial charge in [-0.3, -0.25) is 4.79 Å². The molecule has 0 aliphatic heterocycles. The van der Waals surface area contributed by atoms with Crippen molar-refractivity contribution in [3.05, 3.63) is 47.5 Å². The average Bonchev–Trinajstić information content (AvgIpc) is 2.49. The Morgan fingerprint density at radius 3 is 2.08 bits per heavy atom. The van der Waals surface area contributed by atoms with Gasteiger partial charge in [0.05, 0.1) is 0 Å². The Bertz CT molecular complexity index is 744. The Labute approximate surface area is 142 Å². The van der Waals surface area contributed by atoms with Gasteiger partial charge in [-0.1, -0.05) is 26.8 Å². The summed E-state index contributed by atoms with van der Waals surface area (Å²) < 4.78 is 0. The number of anilines is 2. The number of amides is 1. The monoisotopic (exact) mass is 328 g/mol. The van der Waals surface area contributed by atoms with E-state index in [4.69, 9.17) is 0 Å². The van der Waals surface area contributed by atoms with Gasteiger partial charge in [0.25, 0.3) is 5.91 Å². The molecule has 0 fully saturated rings. The molecule has 5 heteroatoms. The van der Waals surface area contributed by atoms with Crippen LogP contribution in [0.25, 0.3) is 0 Å². The number of carbonyl (C=O) groups is 1. The van der Waals surface area contributed by atoms with Gasteiger partial charge in [-0.15, -0.1) is 0 Å². The molecule has 2 aromatic rings. The van der Waals surface area contributed by atoms with Gasteiger partial charge in [-0.05, 0) is 35.7 Å². The van der Waals surface area contributed by atoms with Crippen LogP contribution in [0.3, 0.4) is 0 Å². The molecule has 0 spiro atoms. The Hall–Kier alpha value is -2.69. The Balaban J connectivity index is 2.32. The van der Waals surface area contributed by atoms with Gasteiger partial charge in [0.1, 0.15) is 17.2 Å². The third-order valence-corrected chi connectivity index (χ3v) is 3.85. The molecule has 0 heterocycles. The molecule has 0 atom stereocenters. The molecule has 0 aliphatic carbocycles. The van der Waals surface area contributed by atoms with Gasteiger partial charge in [-0.25, -0.2) is 0 Å². The molecule has 0 unspecified atom stereocenters. The summed E-state index contributed by atoms with van der Waals surface area (Å²) in [5.74, 6) is -0.670. The molecule has 0 bridgehead atoms. The first-order chi connectivity index (χ1) is 11.1. The van der Waals surface area contributed by atoms with E-state index < -0.39 is 5.91 Å². The summed E-state index contributed by atoms with van der Waals surface area (Å²) in [6, 6.07) is 10.2. The maximum absolute atomic E-state index is 12.4. The zero-order valence-electron chi connectivity index (χ0n) is 14.7. The van der Waals surface area contributed by atoms with E-state index in [2.05, 4.69) is 5.32 Å². The van der Waals surface area contributed by atoms with E-state index >= 15 is 0 Å². The highest BCUT2D eigenvalue weighted by Gasteiger charge is 2.23. The van der Waals surface area contributed by atoms with Crippen LogP contribution in [-0.2, 0) is 5.41 Å². The van der Waals surface area contributed by atoms with Gasteiger partial charge >= 0.3 is 0 Å². The van der Waals surface area contributed by atoms with Crippen LogP contribution in [0.1, 0.15) is 36.7 Å². The predicted octanol–water partition coefficient (Wildman–Crippen LogP) is 3.71. The van der Waals surface area contributed by atoms with E-state index in [9.17, 15) is 15.0 Å². The number of hydrogen-bond acceptors (Lipinski definition) is 4. The maximum atomic E-state index is 12.4. The predicted molar refractivity (Wildman–Crippen MR) is 97.2 cm³/mol. The van der Waals surface area contributed by atoms with Crippen molar-refractivity contribution < 1.29 is 15.0 Å². The maximum Gasteiger partial charge on any atom is 0.255 e. The number of rotatable bonds is 3. The number of aromatic hydroxyl groups is 2. The summed E-state index contributed by atoms with van der Waals surface area (Å²) in [6.07, 6.45) is 0. The van der Waals surface area contributed by atoms with E-state index in [-0.39, 0.29) is 22.6 Å². The highest BCUT2D eigenvalue weighted by atomic mass is 16.3.